The van der Waals surface area contributed by atoms with Crippen LogP contribution in [0.25, 0.3) is 105 Å². The molecule has 0 radical (unpaired) electrons. The van der Waals surface area contributed by atoms with Gasteiger partial charge in [-0.2, -0.15) is 0 Å². The molecule has 0 atom stereocenters. The van der Waals surface area contributed by atoms with Crippen molar-refractivity contribution >= 4 is 83.6 Å². The highest BCUT2D eigenvalue weighted by Crippen LogP contribution is 2.47. The lowest BCUT2D eigenvalue weighted by Gasteiger charge is -2.20. The summed E-state index contributed by atoms with van der Waals surface area (Å²) in [5.41, 5.74) is 12.0. The summed E-state index contributed by atoms with van der Waals surface area (Å²) in [7, 11) is 0. The van der Waals surface area contributed by atoms with Gasteiger partial charge in [-0.3, -0.25) is 9.98 Å². The number of fused-ring (bicyclic) bond motifs is 7. The standard InChI is InChI=1S/C49H32N4/c1-3-14-37-40(29-32-17-13-28-51-46(32)48(37)50-2)44-33-18-7-9-20-35(33)45(36-21-10-8-19-34(36)44)42-27-25-31-24-26-39-43(30-15-5-4-6-16-30)38-22-11-12-23-41(38)52-49(39)47(31)53-42/h3-29H,2H2,1H3/b14-3-. The predicted molar refractivity (Wildman–Crippen MR) is 225 cm³/mol. The molecule has 0 bridgehead atoms. The maximum absolute atomic E-state index is 5.53. The van der Waals surface area contributed by atoms with Crippen LogP contribution in [-0.4, -0.2) is 21.7 Å². The first-order valence-electron chi connectivity index (χ1n) is 17.9. The number of allylic oxidation sites excluding steroid dienone is 1. The van der Waals surface area contributed by atoms with Gasteiger partial charge in [0.2, 0.25) is 0 Å². The zero-order valence-corrected chi connectivity index (χ0v) is 29.1. The minimum absolute atomic E-state index is 0.784. The number of aromatic nitrogens is 3. The fourth-order valence-corrected chi connectivity index (χ4v) is 8.21. The molecule has 0 saturated heterocycles. The summed E-state index contributed by atoms with van der Waals surface area (Å²) in [6.07, 6.45) is 6.00. The third-order valence-corrected chi connectivity index (χ3v) is 10.4. The Kier molecular flexibility index (Phi) is 7.15. The number of nitrogens with zero attached hydrogens (tertiary/aromatic N) is 4. The highest BCUT2D eigenvalue weighted by molar-refractivity contribution is 6.23. The van der Waals surface area contributed by atoms with E-state index in [-0.39, 0.29) is 0 Å². The van der Waals surface area contributed by atoms with Crippen molar-refractivity contribution in [3.63, 3.8) is 0 Å². The molecule has 4 nitrogen and oxygen atoms in total. The molecular weight excluding hydrogens is 645 g/mol. The predicted octanol–water partition coefficient (Wildman–Crippen LogP) is 13.2. The molecular formula is C49H32N4. The number of hydrogen-bond acceptors (Lipinski definition) is 4. The third-order valence-electron chi connectivity index (χ3n) is 10.4. The summed E-state index contributed by atoms with van der Waals surface area (Å²) in [6, 6.07) is 51.5. The van der Waals surface area contributed by atoms with Gasteiger partial charge < -0.3 is 0 Å². The molecule has 0 aliphatic rings. The Morgan fingerprint density at radius 2 is 1.19 bits per heavy atom. The second kappa shape index (κ2) is 12.3. The van der Waals surface area contributed by atoms with Crippen molar-refractivity contribution in [2.24, 2.45) is 4.99 Å². The van der Waals surface area contributed by atoms with Crippen LogP contribution >= 0.6 is 0 Å². The Bertz CT molecular complexity index is 3090. The molecule has 10 rings (SSSR count). The Morgan fingerprint density at radius 3 is 1.91 bits per heavy atom. The van der Waals surface area contributed by atoms with Crippen molar-refractivity contribution in [2.75, 3.05) is 0 Å². The molecule has 4 heteroatoms. The lowest BCUT2D eigenvalue weighted by atomic mass is 9.84. The fourth-order valence-electron chi connectivity index (χ4n) is 8.21. The summed E-state index contributed by atoms with van der Waals surface area (Å²) in [6.45, 7) is 6.02. The highest BCUT2D eigenvalue weighted by atomic mass is 14.8. The molecule has 3 aromatic heterocycles. The van der Waals surface area contributed by atoms with Crippen LogP contribution in [0.5, 0.6) is 0 Å². The Balaban J connectivity index is 1.31. The molecule has 7 aromatic carbocycles. The second-order valence-electron chi connectivity index (χ2n) is 13.4. The molecule has 0 spiro atoms. The largest absolute Gasteiger partial charge is 0.262 e. The van der Waals surface area contributed by atoms with E-state index in [1.165, 1.54) is 5.56 Å². The number of hydrogen-bond donors (Lipinski definition) is 0. The van der Waals surface area contributed by atoms with Gasteiger partial charge in [-0.1, -0.05) is 133 Å². The highest BCUT2D eigenvalue weighted by Gasteiger charge is 2.22. The lowest BCUT2D eigenvalue weighted by Crippen LogP contribution is -1.96. The first-order chi connectivity index (χ1) is 26.2. The molecule has 0 fully saturated rings. The first kappa shape index (κ1) is 30.8. The van der Waals surface area contributed by atoms with E-state index < -0.39 is 0 Å². The molecule has 3 heterocycles. The van der Waals surface area contributed by atoms with Gasteiger partial charge in [0.1, 0.15) is 0 Å². The summed E-state index contributed by atoms with van der Waals surface area (Å²) in [4.78, 5) is 20.1. The van der Waals surface area contributed by atoms with Gasteiger partial charge in [0.25, 0.3) is 0 Å². The van der Waals surface area contributed by atoms with Crippen molar-refractivity contribution in [1.82, 2.24) is 15.0 Å². The quantitative estimate of drug-likeness (QED) is 0.104. The van der Waals surface area contributed by atoms with Crippen molar-refractivity contribution in [3.8, 4) is 33.5 Å². The monoisotopic (exact) mass is 676 g/mol. The Labute approximate surface area is 306 Å². The minimum Gasteiger partial charge on any atom is -0.262 e. The van der Waals surface area contributed by atoms with Crippen molar-refractivity contribution < 1.29 is 0 Å². The van der Waals surface area contributed by atoms with Crippen LogP contribution in [0, 0.1) is 0 Å². The maximum atomic E-state index is 5.53. The molecule has 10 aromatic rings. The number of para-hydroxylation sites is 1. The van der Waals surface area contributed by atoms with Crippen LogP contribution in [0.3, 0.4) is 0 Å². The molecule has 0 unspecified atom stereocenters. The van der Waals surface area contributed by atoms with Gasteiger partial charge >= 0.3 is 0 Å². The fraction of sp³-hybridized carbons (Fsp3) is 0.0204. The van der Waals surface area contributed by atoms with Crippen LogP contribution in [0.2, 0.25) is 0 Å². The van der Waals surface area contributed by atoms with Crippen molar-refractivity contribution in [1.29, 1.82) is 0 Å². The summed E-state index contributed by atoms with van der Waals surface area (Å²) in [5.74, 6) is 0. The van der Waals surface area contributed by atoms with E-state index >= 15 is 0 Å². The van der Waals surface area contributed by atoms with Crippen molar-refractivity contribution in [3.05, 3.63) is 163 Å². The van der Waals surface area contributed by atoms with Crippen LogP contribution in [0.1, 0.15) is 12.5 Å². The third kappa shape index (κ3) is 4.77. The summed E-state index contributed by atoms with van der Waals surface area (Å²) in [5, 5.41) is 8.83. The smallest absolute Gasteiger partial charge is 0.0978 e. The molecule has 248 valence electrons. The van der Waals surface area contributed by atoms with Crippen LogP contribution in [-0.2, 0) is 0 Å². The van der Waals surface area contributed by atoms with Crippen LogP contribution < -0.4 is 0 Å². The van der Waals surface area contributed by atoms with Gasteiger partial charge in [0.15, 0.2) is 0 Å². The Hall–Kier alpha value is -7.04. The number of pyridine rings is 3. The van der Waals surface area contributed by atoms with Gasteiger partial charge in [0.05, 0.1) is 33.4 Å². The lowest BCUT2D eigenvalue weighted by molar-refractivity contribution is 1.39. The number of rotatable bonds is 5. The van der Waals surface area contributed by atoms with E-state index in [1.54, 1.807) is 0 Å². The topological polar surface area (TPSA) is 51.0 Å². The van der Waals surface area contributed by atoms with Gasteiger partial charge in [0, 0.05) is 44.4 Å². The van der Waals surface area contributed by atoms with E-state index in [1.807, 2.05) is 19.2 Å². The minimum atomic E-state index is 0.784. The van der Waals surface area contributed by atoms with E-state index in [9.17, 15) is 0 Å². The first-order valence-corrected chi connectivity index (χ1v) is 17.9. The number of aliphatic imine (C=N–C) groups is 1. The Morgan fingerprint density at radius 1 is 0.528 bits per heavy atom. The summed E-state index contributed by atoms with van der Waals surface area (Å²) < 4.78 is 0. The van der Waals surface area contributed by atoms with Gasteiger partial charge in [-0.05, 0) is 76.1 Å². The normalized spacial score (nSPS) is 11.9. The average Bonchev–Trinajstić information content (AvgIpc) is 3.22. The molecule has 0 saturated carbocycles. The van der Waals surface area contributed by atoms with Gasteiger partial charge in [-0.15, -0.1) is 0 Å². The molecule has 0 aliphatic heterocycles. The van der Waals surface area contributed by atoms with Gasteiger partial charge in [-0.25, -0.2) is 9.97 Å². The van der Waals surface area contributed by atoms with E-state index in [0.717, 1.165) is 104 Å². The SMILES string of the molecule is C=Nc1c(/C=C\C)c(-c2c3ccccc3c(-c3ccc4ccc5c(-c6ccccc6)c6ccccc6nc5c4n3)c3ccccc23)cc2cccnc12. The molecule has 0 N–H and O–H groups in total. The molecule has 53 heavy (non-hydrogen) atoms. The van der Waals surface area contributed by atoms with Crippen LogP contribution in [0.15, 0.2) is 163 Å². The number of benzene rings is 7. The molecule has 0 amide bonds. The van der Waals surface area contributed by atoms with E-state index in [2.05, 4.69) is 163 Å². The average molecular weight is 677 g/mol. The zero-order valence-electron chi connectivity index (χ0n) is 29.1. The second-order valence-corrected chi connectivity index (χ2v) is 13.4. The molecule has 0 aliphatic carbocycles. The summed E-state index contributed by atoms with van der Waals surface area (Å²) >= 11 is 0. The van der Waals surface area contributed by atoms with E-state index in [0.29, 0.717) is 0 Å². The maximum Gasteiger partial charge on any atom is 0.0978 e. The van der Waals surface area contributed by atoms with Crippen LogP contribution in [0.4, 0.5) is 5.69 Å². The van der Waals surface area contributed by atoms with E-state index in [4.69, 9.17) is 15.0 Å². The van der Waals surface area contributed by atoms with Crippen molar-refractivity contribution in [2.45, 2.75) is 6.92 Å². The zero-order chi connectivity index (χ0) is 35.5.